The van der Waals surface area contributed by atoms with Gasteiger partial charge >= 0.3 is 12.1 Å². The van der Waals surface area contributed by atoms with Gasteiger partial charge in [0.05, 0.1) is 25.7 Å². The monoisotopic (exact) mass is 452 g/mol. The van der Waals surface area contributed by atoms with Crippen LogP contribution in [0.3, 0.4) is 0 Å². The Kier molecular flexibility index (Phi) is 6.93. The largest absolute Gasteiger partial charge is 0.481 e. The van der Waals surface area contributed by atoms with Crippen molar-refractivity contribution in [2.24, 2.45) is 0 Å². The van der Waals surface area contributed by atoms with Gasteiger partial charge in [0.25, 0.3) is 0 Å². The van der Waals surface area contributed by atoms with Gasteiger partial charge in [-0.15, -0.1) is 0 Å². The molecule has 0 saturated carbocycles. The third-order valence-corrected chi connectivity index (χ3v) is 6.29. The lowest BCUT2D eigenvalue weighted by molar-refractivity contribution is -0.147. The van der Waals surface area contributed by atoms with Crippen LogP contribution in [-0.2, 0) is 19.1 Å². The maximum Gasteiger partial charge on any atom is 0.407 e. The van der Waals surface area contributed by atoms with Crippen LogP contribution in [0.25, 0.3) is 11.1 Å². The average Bonchev–Trinajstić information content (AvgIpc) is 3.15. The summed E-state index contributed by atoms with van der Waals surface area (Å²) in [5.41, 5.74) is 4.37. The van der Waals surface area contributed by atoms with Crippen LogP contribution in [-0.4, -0.2) is 66.4 Å². The van der Waals surface area contributed by atoms with Crippen molar-refractivity contribution in [1.82, 2.24) is 10.2 Å². The second-order valence-electron chi connectivity index (χ2n) is 8.29. The number of morpholine rings is 1. The summed E-state index contributed by atoms with van der Waals surface area (Å²) >= 11 is 0. The maximum atomic E-state index is 13.1. The first-order chi connectivity index (χ1) is 16.0. The lowest BCUT2D eigenvalue weighted by Gasteiger charge is -2.37. The standard InChI is InChI=1S/C25H28N2O6/c1-2-16-14-32-12-11-27(16)24(30)22(13-23(28)29)26-25(31)33-15-21-19-9-5-3-7-17(19)18-8-4-6-10-20(18)21/h3-10,16,21-22H,2,11-15H2,1H3,(H,26,31)(H,28,29). The van der Waals surface area contributed by atoms with Crippen molar-refractivity contribution in [3.05, 3.63) is 59.7 Å². The Morgan fingerprint density at radius 3 is 2.36 bits per heavy atom. The van der Waals surface area contributed by atoms with E-state index in [9.17, 15) is 19.5 Å². The molecule has 2 aliphatic rings. The quantitative estimate of drug-likeness (QED) is 0.669. The van der Waals surface area contributed by atoms with E-state index in [1.54, 1.807) is 4.90 Å². The topological polar surface area (TPSA) is 105 Å². The van der Waals surface area contributed by atoms with Gasteiger partial charge in [-0.1, -0.05) is 55.5 Å². The molecule has 33 heavy (non-hydrogen) atoms. The molecular formula is C25H28N2O6. The van der Waals surface area contributed by atoms with Crippen LogP contribution in [0.2, 0.25) is 0 Å². The predicted molar refractivity (Wildman–Crippen MR) is 121 cm³/mol. The second-order valence-corrected chi connectivity index (χ2v) is 8.29. The minimum absolute atomic E-state index is 0.0863. The Morgan fingerprint density at radius 2 is 1.76 bits per heavy atom. The third-order valence-electron chi connectivity index (χ3n) is 6.29. The summed E-state index contributed by atoms with van der Waals surface area (Å²) in [6.45, 7) is 3.16. The van der Waals surface area contributed by atoms with Gasteiger partial charge in [0.1, 0.15) is 12.6 Å². The van der Waals surface area contributed by atoms with Crippen LogP contribution in [0, 0.1) is 0 Å². The van der Waals surface area contributed by atoms with E-state index >= 15 is 0 Å². The van der Waals surface area contributed by atoms with E-state index in [1.165, 1.54) is 0 Å². The molecule has 1 saturated heterocycles. The Morgan fingerprint density at radius 1 is 1.12 bits per heavy atom. The summed E-state index contributed by atoms with van der Waals surface area (Å²) < 4.78 is 10.9. The molecule has 2 aromatic rings. The van der Waals surface area contributed by atoms with E-state index in [4.69, 9.17) is 9.47 Å². The van der Waals surface area contributed by atoms with E-state index in [0.717, 1.165) is 22.3 Å². The number of nitrogens with zero attached hydrogens (tertiary/aromatic N) is 1. The van der Waals surface area contributed by atoms with E-state index < -0.39 is 30.4 Å². The fourth-order valence-electron chi connectivity index (χ4n) is 4.64. The van der Waals surface area contributed by atoms with Gasteiger partial charge in [0.2, 0.25) is 5.91 Å². The molecule has 4 rings (SSSR count). The number of carbonyl (C=O) groups is 3. The normalized spacial score (nSPS) is 18.2. The average molecular weight is 453 g/mol. The summed E-state index contributed by atoms with van der Waals surface area (Å²) in [6, 6.07) is 14.6. The maximum absolute atomic E-state index is 13.1. The lowest BCUT2D eigenvalue weighted by atomic mass is 9.98. The number of hydrogen-bond donors (Lipinski definition) is 2. The zero-order valence-corrected chi connectivity index (χ0v) is 18.5. The first-order valence-corrected chi connectivity index (χ1v) is 11.2. The van der Waals surface area contributed by atoms with Gasteiger partial charge in [-0.05, 0) is 28.7 Å². The van der Waals surface area contributed by atoms with Crippen LogP contribution in [0.15, 0.2) is 48.5 Å². The zero-order chi connectivity index (χ0) is 23.4. The Hall–Kier alpha value is -3.39. The molecule has 0 bridgehead atoms. The van der Waals surface area contributed by atoms with Crippen molar-refractivity contribution in [1.29, 1.82) is 0 Å². The number of ether oxygens (including phenoxy) is 2. The zero-order valence-electron chi connectivity index (χ0n) is 18.5. The number of carbonyl (C=O) groups excluding carboxylic acids is 2. The van der Waals surface area contributed by atoms with Gasteiger partial charge in [-0.2, -0.15) is 0 Å². The van der Waals surface area contributed by atoms with E-state index in [1.807, 2.05) is 55.5 Å². The van der Waals surface area contributed by atoms with Gasteiger partial charge in [0, 0.05) is 12.5 Å². The molecule has 2 N–H and O–H groups in total. The minimum atomic E-state index is -1.20. The molecule has 1 aliphatic heterocycles. The van der Waals surface area contributed by atoms with Crippen molar-refractivity contribution in [2.75, 3.05) is 26.4 Å². The summed E-state index contributed by atoms with van der Waals surface area (Å²) in [5.74, 6) is -1.73. The van der Waals surface area contributed by atoms with E-state index in [-0.39, 0.29) is 18.6 Å². The van der Waals surface area contributed by atoms with Gasteiger partial charge < -0.3 is 24.8 Å². The SMILES string of the molecule is CCC1COCCN1C(=O)C(CC(=O)O)NC(=O)OCC1c2ccccc2-c2ccccc21. The van der Waals surface area contributed by atoms with Gasteiger partial charge in [-0.25, -0.2) is 4.79 Å². The number of carboxylic acids is 1. The number of carboxylic acid groups (broad SMARTS) is 1. The van der Waals surface area contributed by atoms with Crippen LogP contribution in [0.1, 0.15) is 36.8 Å². The van der Waals surface area contributed by atoms with Crippen LogP contribution < -0.4 is 5.32 Å². The van der Waals surface area contributed by atoms with Crippen molar-refractivity contribution in [2.45, 2.75) is 37.8 Å². The number of alkyl carbamates (subject to hydrolysis) is 1. The molecule has 2 aromatic carbocycles. The molecular weight excluding hydrogens is 424 g/mol. The van der Waals surface area contributed by atoms with E-state index in [2.05, 4.69) is 5.32 Å². The van der Waals surface area contributed by atoms with Crippen LogP contribution >= 0.6 is 0 Å². The predicted octanol–water partition coefficient (Wildman–Crippen LogP) is 3.01. The summed E-state index contributed by atoms with van der Waals surface area (Å²) in [7, 11) is 0. The van der Waals surface area contributed by atoms with Crippen molar-refractivity contribution >= 4 is 18.0 Å². The molecule has 2 unspecified atom stereocenters. The van der Waals surface area contributed by atoms with Crippen LogP contribution in [0.5, 0.6) is 0 Å². The first kappa shape index (κ1) is 22.8. The highest BCUT2D eigenvalue weighted by Gasteiger charge is 2.34. The number of fused-ring (bicyclic) bond motifs is 3. The molecule has 0 radical (unpaired) electrons. The van der Waals surface area contributed by atoms with Crippen molar-refractivity contribution in [3.8, 4) is 11.1 Å². The summed E-state index contributed by atoms with van der Waals surface area (Å²) in [4.78, 5) is 38.7. The number of nitrogens with one attached hydrogen (secondary N) is 1. The third kappa shape index (κ3) is 4.85. The Balaban J connectivity index is 1.44. The molecule has 8 nitrogen and oxygen atoms in total. The molecule has 0 aromatic heterocycles. The first-order valence-electron chi connectivity index (χ1n) is 11.2. The fraction of sp³-hybridized carbons (Fsp3) is 0.400. The van der Waals surface area contributed by atoms with Gasteiger partial charge in [-0.3, -0.25) is 9.59 Å². The molecule has 0 spiro atoms. The molecule has 1 fully saturated rings. The van der Waals surface area contributed by atoms with E-state index in [0.29, 0.717) is 26.2 Å². The number of aliphatic carboxylic acids is 1. The summed E-state index contributed by atoms with van der Waals surface area (Å²) in [6.07, 6.45) is -0.648. The molecule has 2 atom stereocenters. The highest BCUT2D eigenvalue weighted by molar-refractivity contribution is 5.89. The Bertz CT molecular complexity index is 994. The summed E-state index contributed by atoms with van der Waals surface area (Å²) in [5, 5.41) is 11.8. The Labute approximate surface area is 192 Å². The molecule has 1 heterocycles. The second kappa shape index (κ2) is 10.0. The lowest BCUT2D eigenvalue weighted by Crippen LogP contribution is -2.56. The number of benzene rings is 2. The molecule has 2 amide bonds. The van der Waals surface area contributed by atoms with Crippen LogP contribution in [0.4, 0.5) is 4.79 Å². The number of rotatable bonds is 7. The van der Waals surface area contributed by atoms with Crippen molar-refractivity contribution < 1.29 is 29.0 Å². The van der Waals surface area contributed by atoms with Crippen molar-refractivity contribution in [3.63, 3.8) is 0 Å². The highest BCUT2D eigenvalue weighted by atomic mass is 16.5. The van der Waals surface area contributed by atoms with Gasteiger partial charge in [0.15, 0.2) is 0 Å². The molecule has 1 aliphatic carbocycles. The molecule has 8 heteroatoms. The minimum Gasteiger partial charge on any atom is -0.481 e. The number of amides is 2. The fourth-order valence-corrected chi connectivity index (χ4v) is 4.64. The number of hydrogen-bond acceptors (Lipinski definition) is 5. The highest BCUT2D eigenvalue weighted by Crippen LogP contribution is 2.44. The molecule has 174 valence electrons. The smallest absolute Gasteiger partial charge is 0.407 e.